The van der Waals surface area contributed by atoms with Crippen molar-refractivity contribution >= 4 is 38.9 Å². The van der Waals surface area contributed by atoms with Crippen molar-refractivity contribution in [1.82, 2.24) is 0 Å². The van der Waals surface area contributed by atoms with Crippen molar-refractivity contribution in [2.24, 2.45) is 11.8 Å². The highest BCUT2D eigenvalue weighted by atomic mass is 79.9. The minimum absolute atomic E-state index is 0.0787. The van der Waals surface area contributed by atoms with Crippen molar-refractivity contribution in [3.05, 3.63) is 34.3 Å². The zero-order valence-electron chi connectivity index (χ0n) is 11.3. The summed E-state index contributed by atoms with van der Waals surface area (Å²) in [5, 5.41) is 2.76. The van der Waals surface area contributed by atoms with Crippen molar-refractivity contribution in [2.45, 2.75) is 26.2 Å². The minimum Gasteiger partial charge on any atom is -0.326 e. The Balaban J connectivity index is 1.92. The van der Waals surface area contributed by atoms with Gasteiger partial charge in [0, 0.05) is 18.5 Å². The lowest BCUT2D eigenvalue weighted by Crippen LogP contribution is -2.10. The predicted molar refractivity (Wildman–Crippen MR) is 82.4 cm³/mol. The number of rotatable bonds is 2. The quantitative estimate of drug-likeness (QED) is 0.895. The van der Waals surface area contributed by atoms with Crippen LogP contribution in [0.1, 0.15) is 31.7 Å². The largest absolute Gasteiger partial charge is 0.326 e. The third kappa shape index (κ3) is 2.22. The topological polar surface area (TPSA) is 46.2 Å². The van der Waals surface area contributed by atoms with E-state index in [2.05, 4.69) is 21.2 Å². The van der Waals surface area contributed by atoms with E-state index in [1.807, 2.05) is 24.3 Å². The molecular weight excluding hydrogens is 318 g/mol. The van der Waals surface area contributed by atoms with Crippen LogP contribution < -0.4 is 5.32 Å². The number of amides is 1. The van der Waals surface area contributed by atoms with E-state index in [4.69, 9.17) is 0 Å². The Morgan fingerprint density at radius 2 is 1.85 bits per heavy atom. The van der Waals surface area contributed by atoms with Crippen molar-refractivity contribution in [1.29, 1.82) is 0 Å². The van der Waals surface area contributed by atoms with Crippen LogP contribution in [0.2, 0.25) is 0 Å². The van der Waals surface area contributed by atoms with Crippen LogP contribution in [0.25, 0.3) is 5.57 Å². The SMILES string of the molecule is CC(=O)Nc1ccc(C2=C(Br)C(=O)C3CCCC23)cc1. The molecule has 0 saturated heterocycles. The zero-order chi connectivity index (χ0) is 14.3. The molecule has 1 saturated carbocycles. The van der Waals surface area contributed by atoms with Gasteiger partial charge in [0.25, 0.3) is 0 Å². The van der Waals surface area contributed by atoms with Crippen LogP contribution in [0.4, 0.5) is 5.69 Å². The molecule has 1 aromatic carbocycles. The van der Waals surface area contributed by atoms with E-state index in [1.54, 1.807) is 0 Å². The highest BCUT2D eigenvalue weighted by Gasteiger charge is 2.43. The fourth-order valence-corrected chi connectivity index (χ4v) is 4.17. The van der Waals surface area contributed by atoms with E-state index in [0.29, 0.717) is 5.92 Å². The molecule has 0 radical (unpaired) electrons. The van der Waals surface area contributed by atoms with Gasteiger partial charge in [-0.3, -0.25) is 9.59 Å². The Kier molecular flexibility index (Phi) is 3.50. The van der Waals surface area contributed by atoms with E-state index in [0.717, 1.165) is 40.6 Å². The number of fused-ring (bicyclic) bond motifs is 1. The molecule has 1 fully saturated rings. The van der Waals surface area contributed by atoms with E-state index in [1.165, 1.54) is 6.92 Å². The fraction of sp³-hybridized carbons (Fsp3) is 0.375. The first-order chi connectivity index (χ1) is 9.58. The highest BCUT2D eigenvalue weighted by Crippen LogP contribution is 2.51. The number of carbonyl (C=O) groups is 2. The van der Waals surface area contributed by atoms with Gasteiger partial charge < -0.3 is 5.32 Å². The lowest BCUT2D eigenvalue weighted by Gasteiger charge is -2.14. The molecule has 0 aromatic heterocycles. The van der Waals surface area contributed by atoms with Gasteiger partial charge in [-0.2, -0.15) is 0 Å². The third-order valence-electron chi connectivity index (χ3n) is 4.19. The molecule has 1 aromatic rings. The number of benzene rings is 1. The van der Waals surface area contributed by atoms with Gasteiger partial charge in [0.15, 0.2) is 5.78 Å². The van der Waals surface area contributed by atoms with Crippen LogP contribution in [0.15, 0.2) is 28.7 Å². The smallest absolute Gasteiger partial charge is 0.221 e. The number of Topliss-reactive ketones (excluding diaryl/α,β-unsaturated/α-hetero) is 1. The number of anilines is 1. The van der Waals surface area contributed by atoms with E-state index in [-0.39, 0.29) is 17.6 Å². The summed E-state index contributed by atoms with van der Waals surface area (Å²) in [5.41, 5.74) is 3.01. The molecule has 4 heteroatoms. The van der Waals surface area contributed by atoms with Gasteiger partial charge in [0.2, 0.25) is 5.91 Å². The maximum Gasteiger partial charge on any atom is 0.221 e. The number of ketones is 1. The Hall–Kier alpha value is -1.42. The number of allylic oxidation sites excluding steroid dienone is 2. The van der Waals surface area contributed by atoms with Crippen LogP contribution in [0, 0.1) is 11.8 Å². The van der Waals surface area contributed by atoms with Gasteiger partial charge >= 0.3 is 0 Å². The Morgan fingerprint density at radius 1 is 1.20 bits per heavy atom. The summed E-state index contributed by atoms with van der Waals surface area (Å²) in [6.07, 6.45) is 3.23. The molecule has 2 aliphatic rings. The number of hydrogen-bond acceptors (Lipinski definition) is 2. The maximum atomic E-state index is 12.2. The lowest BCUT2D eigenvalue weighted by molar-refractivity contribution is -0.118. The molecule has 0 heterocycles. The van der Waals surface area contributed by atoms with Crippen LogP contribution >= 0.6 is 15.9 Å². The predicted octanol–water partition coefficient (Wildman–Crippen LogP) is 3.75. The third-order valence-corrected chi connectivity index (χ3v) is 5.01. The molecule has 0 aliphatic heterocycles. The molecule has 20 heavy (non-hydrogen) atoms. The van der Waals surface area contributed by atoms with Crippen molar-refractivity contribution in [2.75, 3.05) is 5.32 Å². The summed E-state index contributed by atoms with van der Waals surface area (Å²) in [7, 11) is 0. The van der Waals surface area contributed by atoms with Crippen LogP contribution in [-0.4, -0.2) is 11.7 Å². The second kappa shape index (κ2) is 5.17. The van der Waals surface area contributed by atoms with Gasteiger partial charge in [-0.15, -0.1) is 0 Å². The summed E-state index contributed by atoms with van der Waals surface area (Å²) in [6.45, 7) is 1.49. The first-order valence-corrected chi connectivity index (χ1v) is 7.69. The van der Waals surface area contributed by atoms with Crippen LogP contribution in [0.3, 0.4) is 0 Å². The molecule has 0 spiro atoms. The molecule has 2 aliphatic carbocycles. The highest BCUT2D eigenvalue weighted by molar-refractivity contribution is 9.12. The molecule has 2 atom stereocenters. The molecule has 3 rings (SSSR count). The monoisotopic (exact) mass is 333 g/mol. The molecule has 1 N–H and O–H groups in total. The summed E-state index contributed by atoms with van der Waals surface area (Å²) < 4.78 is 0.750. The van der Waals surface area contributed by atoms with E-state index < -0.39 is 0 Å². The second-order valence-corrected chi connectivity index (χ2v) is 6.29. The van der Waals surface area contributed by atoms with Gasteiger partial charge in [-0.05, 0) is 58.0 Å². The molecule has 3 nitrogen and oxygen atoms in total. The number of hydrogen-bond donors (Lipinski definition) is 1. The summed E-state index contributed by atoms with van der Waals surface area (Å²) in [6, 6.07) is 7.74. The molecule has 2 unspecified atom stereocenters. The van der Waals surface area contributed by atoms with Gasteiger partial charge in [0.1, 0.15) is 0 Å². The van der Waals surface area contributed by atoms with Crippen molar-refractivity contribution in [3.63, 3.8) is 0 Å². The normalized spacial score (nSPS) is 25.0. The van der Waals surface area contributed by atoms with E-state index in [9.17, 15) is 9.59 Å². The first-order valence-electron chi connectivity index (χ1n) is 6.90. The average molecular weight is 334 g/mol. The summed E-state index contributed by atoms with van der Waals surface area (Å²) >= 11 is 3.48. The molecule has 0 bridgehead atoms. The standard InChI is InChI=1S/C16H16BrNO2/c1-9(19)18-11-7-5-10(6-8-11)14-12-3-2-4-13(12)16(20)15(14)17/h5-8,12-13H,2-4H2,1H3,(H,18,19). The Bertz CT molecular complexity index is 603. The minimum atomic E-state index is -0.0787. The zero-order valence-corrected chi connectivity index (χ0v) is 12.9. The van der Waals surface area contributed by atoms with E-state index >= 15 is 0 Å². The number of nitrogens with one attached hydrogen (secondary N) is 1. The van der Waals surface area contributed by atoms with Gasteiger partial charge in [-0.25, -0.2) is 0 Å². The van der Waals surface area contributed by atoms with Crippen LogP contribution in [0.5, 0.6) is 0 Å². The summed E-state index contributed by atoms with van der Waals surface area (Å²) in [4.78, 5) is 23.2. The molecule has 1 amide bonds. The lowest BCUT2D eigenvalue weighted by atomic mass is 9.90. The van der Waals surface area contributed by atoms with Gasteiger partial charge in [0.05, 0.1) is 4.48 Å². The molecular formula is C16H16BrNO2. The Labute approximate surface area is 126 Å². The second-order valence-electron chi connectivity index (χ2n) is 5.49. The summed E-state index contributed by atoms with van der Waals surface area (Å²) in [5.74, 6) is 0.719. The van der Waals surface area contributed by atoms with Crippen LogP contribution in [-0.2, 0) is 9.59 Å². The average Bonchev–Trinajstić information content (AvgIpc) is 2.95. The molecule has 104 valence electrons. The maximum absolute atomic E-state index is 12.2. The van der Waals surface area contributed by atoms with Crippen molar-refractivity contribution in [3.8, 4) is 0 Å². The van der Waals surface area contributed by atoms with Crippen molar-refractivity contribution < 1.29 is 9.59 Å². The van der Waals surface area contributed by atoms with Gasteiger partial charge in [-0.1, -0.05) is 18.6 Å². The number of halogens is 1. The fourth-order valence-electron chi connectivity index (χ4n) is 3.35. The number of carbonyl (C=O) groups excluding carboxylic acids is 2. The Morgan fingerprint density at radius 3 is 2.50 bits per heavy atom. The first kappa shape index (κ1) is 13.6.